The van der Waals surface area contributed by atoms with Gasteiger partial charge in [-0.1, -0.05) is 15.9 Å². The number of fused-ring (bicyclic) bond motifs is 1. The van der Waals surface area contributed by atoms with E-state index < -0.39 is 0 Å². The minimum Gasteiger partial charge on any atom is -0.371 e. The van der Waals surface area contributed by atoms with E-state index in [1.54, 1.807) is 0 Å². The van der Waals surface area contributed by atoms with Gasteiger partial charge in [-0.25, -0.2) is 4.98 Å². The van der Waals surface area contributed by atoms with Crippen LogP contribution in [0.5, 0.6) is 0 Å². The number of halogens is 1. The van der Waals surface area contributed by atoms with Gasteiger partial charge < -0.3 is 9.47 Å². The number of nitrogens with zero attached hydrogens (tertiary/aromatic N) is 3. The van der Waals surface area contributed by atoms with Crippen molar-refractivity contribution in [3.8, 4) is 5.69 Å². The molecule has 3 aromatic rings. The fourth-order valence-electron chi connectivity index (χ4n) is 4.44. The van der Waals surface area contributed by atoms with Gasteiger partial charge in [0.05, 0.1) is 5.69 Å². The zero-order valence-electron chi connectivity index (χ0n) is 16.5. The summed E-state index contributed by atoms with van der Waals surface area (Å²) in [6, 6.07) is 6.56. The minimum atomic E-state index is 0.251. The van der Waals surface area contributed by atoms with E-state index in [0.717, 1.165) is 41.7 Å². The summed E-state index contributed by atoms with van der Waals surface area (Å²) in [5, 5.41) is 1.25. The summed E-state index contributed by atoms with van der Waals surface area (Å²) in [4.78, 5) is 7.39. The van der Waals surface area contributed by atoms with Crippen molar-refractivity contribution in [3.05, 3.63) is 58.2 Å². The molecule has 1 aliphatic heterocycles. The Morgan fingerprint density at radius 3 is 2.44 bits per heavy atom. The lowest BCUT2D eigenvalue weighted by atomic mass is 9.99. The molecule has 1 atom stereocenters. The highest BCUT2D eigenvalue weighted by molar-refractivity contribution is 9.10. The second-order valence-electron chi connectivity index (χ2n) is 7.90. The van der Waals surface area contributed by atoms with Crippen molar-refractivity contribution >= 4 is 32.7 Å². The third-order valence-corrected chi connectivity index (χ3v) is 6.01. The molecule has 1 unspecified atom stereocenters. The SMILES string of the molecule is [CH]C1CCCN(c2cc(C)nc3c2c(C)cn3-c2c(C)cc(Br)cc2C)C1. The van der Waals surface area contributed by atoms with Gasteiger partial charge in [-0.2, -0.15) is 0 Å². The maximum atomic E-state index is 6.27. The highest BCUT2D eigenvalue weighted by Crippen LogP contribution is 2.36. The maximum Gasteiger partial charge on any atom is 0.147 e. The van der Waals surface area contributed by atoms with Gasteiger partial charge in [0.25, 0.3) is 0 Å². The second-order valence-corrected chi connectivity index (χ2v) is 8.82. The first-order chi connectivity index (χ1) is 12.8. The second kappa shape index (κ2) is 6.97. The number of hydrogen-bond donors (Lipinski definition) is 0. The van der Waals surface area contributed by atoms with Gasteiger partial charge in [-0.3, -0.25) is 0 Å². The molecule has 0 amide bonds. The smallest absolute Gasteiger partial charge is 0.147 e. The van der Waals surface area contributed by atoms with Crippen LogP contribution >= 0.6 is 15.9 Å². The lowest BCUT2D eigenvalue weighted by Gasteiger charge is -2.33. The predicted octanol–water partition coefficient (Wildman–Crippen LogP) is 5.95. The van der Waals surface area contributed by atoms with Crippen LogP contribution in [0.25, 0.3) is 16.7 Å². The standard InChI is InChI=1S/C23H26BrN3/c1-14-7-6-8-26(12-14)20-11-18(5)25-23-21(20)17(4)13-27(23)22-15(2)9-19(24)10-16(22)3/h1,9-11,13-14H,6-8,12H2,2-5H3. The number of hydrogen-bond acceptors (Lipinski definition) is 2. The molecular weight excluding hydrogens is 398 g/mol. The number of rotatable bonds is 2. The Balaban J connectivity index is 1.96. The molecule has 2 radical (unpaired) electrons. The third-order valence-electron chi connectivity index (χ3n) is 5.55. The molecule has 27 heavy (non-hydrogen) atoms. The average Bonchev–Trinajstić information content (AvgIpc) is 2.89. The number of pyridine rings is 1. The summed E-state index contributed by atoms with van der Waals surface area (Å²) in [5.74, 6) is 0.251. The van der Waals surface area contributed by atoms with E-state index >= 15 is 0 Å². The molecule has 3 heterocycles. The van der Waals surface area contributed by atoms with Crippen LogP contribution in [-0.4, -0.2) is 22.6 Å². The molecule has 0 spiro atoms. The summed E-state index contributed by atoms with van der Waals surface area (Å²) < 4.78 is 3.38. The Kier molecular flexibility index (Phi) is 4.79. The zero-order chi connectivity index (χ0) is 19.3. The highest BCUT2D eigenvalue weighted by atomic mass is 79.9. The Hall–Kier alpha value is -1.81. The third kappa shape index (κ3) is 3.29. The van der Waals surface area contributed by atoms with Gasteiger partial charge in [0.2, 0.25) is 0 Å². The van der Waals surface area contributed by atoms with E-state index in [0.29, 0.717) is 0 Å². The molecule has 0 bridgehead atoms. The van der Waals surface area contributed by atoms with Gasteiger partial charge >= 0.3 is 0 Å². The fraction of sp³-hybridized carbons (Fsp3) is 0.391. The molecule has 1 fully saturated rings. The number of aromatic nitrogens is 2. The predicted molar refractivity (Wildman–Crippen MR) is 117 cm³/mol. The van der Waals surface area contributed by atoms with E-state index in [2.05, 4.69) is 77.5 Å². The first-order valence-electron chi connectivity index (χ1n) is 9.62. The molecule has 1 aromatic carbocycles. The van der Waals surface area contributed by atoms with Gasteiger partial charge in [0.1, 0.15) is 5.65 Å². The van der Waals surface area contributed by atoms with Crippen LogP contribution < -0.4 is 4.90 Å². The first-order valence-corrected chi connectivity index (χ1v) is 10.4. The Morgan fingerprint density at radius 2 is 1.78 bits per heavy atom. The van der Waals surface area contributed by atoms with Gasteiger partial charge in [0.15, 0.2) is 0 Å². The minimum absolute atomic E-state index is 0.251. The molecule has 0 saturated carbocycles. The summed E-state index contributed by atoms with van der Waals surface area (Å²) in [6.45, 7) is 16.8. The molecular formula is C23H26BrN3. The number of anilines is 1. The number of aryl methyl sites for hydroxylation is 4. The van der Waals surface area contributed by atoms with Gasteiger partial charge in [-0.05, 0) is 88.3 Å². The number of benzene rings is 1. The average molecular weight is 424 g/mol. The molecule has 0 N–H and O–H groups in total. The molecule has 0 aliphatic carbocycles. The number of piperidine rings is 1. The molecule has 4 rings (SSSR count). The van der Waals surface area contributed by atoms with E-state index in [9.17, 15) is 0 Å². The zero-order valence-corrected chi connectivity index (χ0v) is 18.1. The molecule has 1 saturated heterocycles. The summed E-state index contributed by atoms with van der Waals surface area (Å²) in [5.41, 5.74) is 8.31. The van der Waals surface area contributed by atoms with Crippen molar-refractivity contribution in [2.24, 2.45) is 5.92 Å². The van der Waals surface area contributed by atoms with Crippen molar-refractivity contribution in [1.82, 2.24) is 9.55 Å². The van der Waals surface area contributed by atoms with E-state index in [4.69, 9.17) is 11.9 Å². The Bertz CT molecular complexity index is 995. The lowest BCUT2D eigenvalue weighted by molar-refractivity contribution is 0.483. The maximum absolute atomic E-state index is 6.27. The normalized spacial score (nSPS) is 17.7. The first kappa shape index (κ1) is 18.5. The summed E-state index contributed by atoms with van der Waals surface area (Å²) in [6.07, 6.45) is 4.49. The van der Waals surface area contributed by atoms with Crippen molar-refractivity contribution in [2.45, 2.75) is 40.5 Å². The molecule has 2 aromatic heterocycles. The van der Waals surface area contributed by atoms with Crippen LogP contribution in [0.4, 0.5) is 5.69 Å². The monoisotopic (exact) mass is 423 g/mol. The van der Waals surface area contributed by atoms with Gasteiger partial charge in [0, 0.05) is 40.5 Å². The van der Waals surface area contributed by atoms with E-state index in [1.807, 2.05) is 0 Å². The molecule has 4 heteroatoms. The van der Waals surface area contributed by atoms with Crippen LogP contribution in [0.15, 0.2) is 28.9 Å². The summed E-state index contributed by atoms with van der Waals surface area (Å²) in [7, 11) is 0. The molecule has 1 aliphatic rings. The van der Waals surface area contributed by atoms with E-state index in [-0.39, 0.29) is 5.92 Å². The van der Waals surface area contributed by atoms with Crippen LogP contribution in [0.1, 0.15) is 35.2 Å². The molecule has 140 valence electrons. The van der Waals surface area contributed by atoms with Crippen molar-refractivity contribution in [3.63, 3.8) is 0 Å². The van der Waals surface area contributed by atoms with Crippen LogP contribution in [0.3, 0.4) is 0 Å². The molecule has 3 nitrogen and oxygen atoms in total. The topological polar surface area (TPSA) is 21.1 Å². The lowest BCUT2D eigenvalue weighted by Crippen LogP contribution is -2.34. The van der Waals surface area contributed by atoms with Crippen LogP contribution in [-0.2, 0) is 0 Å². The van der Waals surface area contributed by atoms with E-state index in [1.165, 1.54) is 33.5 Å². The van der Waals surface area contributed by atoms with Crippen LogP contribution in [0.2, 0.25) is 0 Å². The Morgan fingerprint density at radius 1 is 1.07 bits per heavy atom. The highest BCUT2D eigenvalue weighted by Gasteiger charge is 2.22. The largest absolute Gasteiger partial charge is 0.371 e. The summed E-state index contributed by atoms with van der Waals surface area (Å²) >= 11 is 3.61. The fourth-order valence-corrected chi connectivity index (χ4v) is 5.13. The van der Waals surface area contributed by atoms with Crippen molar-refractivity contribution in [2.75, 3.05) is 18.0 Å². The van der Waals surface area contributed by atoms with Crippen molar-refractivity contribution < 1.29 is 0 Å². The van der Waals surface area contributed by atoms with Crippen molar-refractivity contribution in [1.29, 1.82) is 0 Å². The van der Waals surface area contributed by atoms with Gasteiger partial charge in [-0.15, -0.1) is 0 Å². The van der Waals surface area contributed by atoms with Crippen LogP contribution in [0, 0.1) is 40.5 Å². The quantitative estimate of drug-likeness (QED) is 0.507. The Labute approximate surface area is 170 Å².